The molecule has 0 radical (unpaired) electrons. The van der Waals surface area contributed by atoms with E-state index in [1.54, 1.807) is 12.1 Å². The molecule has 2 aromatic heterocycles. The minimum Gasteiger partial charge on any atom is -0.507 e. The van der Waals surface area contributed by atoms with Crippen LogP contribution in [-0.2, 0) is 19.5 Å². The van der Waals surface area contributed by atoms with Crippen LogP contribution in [0, 0.1) is 12.8 Å². The molecule has 180 valence electrons. The molecule has 4 heterocycles. The number of hydrogen-bond acceptors (Lipinski definition) is 5. The van der Waals surface area contributed by atoms with Crippen molar-refractivity contribution in [2.24, 2.45) is 5.92 Å². The number of nitrogens with zero attached hydrogens (tertiary/aromatic N) is 2. The van der Waals surface area contributed by atoms with Crippen molar-refractivity contribution in [2.45, 2.75) is 71.4 Å². The summed E-state index contributed by atoms with van der Waals surface area (Å²) >= 11 is 0. The first-order valence-corrected chi connectivity index (χ1v) is 12.7. The first kappa shape index (κ1) is 22.9. The summed E-state index contributed by atoms with van der Waals surface area (Å²) in [4.78, 5) is 27.6. The quantitative estimate of drug-likeness (QED) is 0.407. The molecular weight excluding hydrogens is 428 g/mol. The molecule has 2 bridgehead atoms. The van der Waals surface area contributed by atoms with Crippen molar-refractivity contribution < 1.29 is 9.52 Å². The summed E-state index contributed by atoms with van der Waals surface area (Å²) in [5.74, 6) is 0.854. The largest absolute Gasteiger partial charge is 0.507 e. The molecule has 6 heteroatoms. The average Bonchev–Trinajstić information content (AvgIpc) is 2.81. The van der Waals surface area contributed by atoms with Crippen molar-refractivity contribution >= 4 is 11.0 Å². The second-order valence-electron chi connectivity index (χ2n) is 10.1. The minimum absolute atomic E-state index is 0.0788. The van der Waals surface area contributed by atoms with Crippen LogP contribution in [0.15, 0.2) is 44.3 Å². The molecule has 2 aliphatic rings. The van der Waals surface area contributed by atoms with E-state index < -0.39 is 0 Å². The van der Waals surface area contributed by atoms with Gasteiger partial charge in [0.25, 0.3) is 5.56 Å². The number of phenolic OH excluding ortho intramolecular Hbond substituents is 1. The molecule has 0 spiro atoms. The summed E-state index contributed by atoms with van der Waals surface area (Å²) in [5.41, 5.74) is 3.81. The van der Waals surface area contributed by atoms with Crippen molar-refractivity contribution in [3.63, 3.8) is 0 Å². The number of aromatic hydroxyl groups is 1. The first-order chi connectivity index (χ1) is 16.5. The van der Waals surface area contributed by atoms with Crippen LogP contribution in [0.25, 0.3) is 11.0 Å². The Morgan fingerprint density at radius 1 is 1.03 bits per heavy atom. The predicted molar refractivity (Wildman–Crippen MR) is 134 cm³/mol. The zero-order valence-corrected chi connectivity index (χ0v) is 20.2. The summed E-state index contributed by atoms with van der Waals surface area (Å²) in [6.07, 6.45) is 6.24. The van der Waals surface area contributed by atoms with E-state index >= 15 is 0 Å². The zero-order valence-electron chi connectivity index (χ0n) is 20.2. The minimum atomic E-state index is -0.280. The Morgan fingerprint density at radius 2 is 1.88 bits per heavy atom. The van der Waals surface area contributed by atoms with Crippen LogP contribution in [0.3, 0.4) is 0 Å². The smallest absolute Gasteiger partial charge is 0.339 e. The van der Waals surface area contributed by atoms with Gasteiger partial charge in [0, 0.05) is 54.8 Å². The van der Waals surface area contributed by atoms with Crippen molar-refractivity contribution in [1.82, 2.24) is 9.47 Å². The Kier molecular flexibility index (Phi) is 6.34. The number of pyridine rings is 1. The van der Waals surface area contributed by atoms with Crippen LogP contribution in [0.2, 0.25) is 0 Å². The molecule has 2 atom stereocenters. The molecule has 1 aromatic carbocycles. The van der Waals surface area contributed by atoms with E-state index in [1.807, 2.05) is 23.6 Å². The summed E-state index contributed by atoms with van der Waals surface area (Å²) < 4.78 is 7.79. The van der Waals surface area contributed by atoms with Gasteiger partial charge < -0.3 is 14.1 Å². The fraction of sp³-hybridized carbons (Fsp3) is 0.500. The summed E-state index contributed by atoms with van der Waals surface area (Å²) in [6.45, 7) is 7.10. The predicted octanol–water partition coefficient (Wildman–Crippen LogP) is 4.71. The Balaban J connectivity index is 1.44. The third-order valence-corrected chi connectivity index (χ3v) is 7.75. The van der Waals surface area contributed by atoms with Gasteiger partial charge in [0.2, 0.25) is 0 Å². The van der Waals surface area contributed by atoms with E-state index in [0.29, 0.717) is 29.5 Å². The number of likely N-dealkylation sites (tertiary alicyclic amines) is 1. The fourth-order valence-electron chi connectivity index (χ4n) is 6.02. The SMILES string of the molecule is CCCCCCc1c(C)c2ccc(O)c(CN3CC4CC(C3)c3cccc(=O)n3C4)c2oc1=O. The van der Waals surface area contributed by atoms with E-state index in [-0.39, 0.29) is 16.9 Å². The standard InChI is InChI=1S/C28H34N2O4/c1-3-4-5-6-8-22-18(2)21-11-12-25(31)23(27(21)34-28(22)33)17-29-14-19-13-20(16-29)24-9-7-10-26(32)30(24)15-19/h7,9-12,19-20,31H,3-6,8,13-17H2,1-2H3. The highest BCUT2D eigenvalue weighted by Crippen LogP contribution is 2.37. The number of hydrogen-bond donors (Lipinski definition) is 1. The average molecular weight is 463 g/mol. The maximum absolute atomic E-state index is 12.9. The molecule has 0 amide bonds. The van der Waals surface area contributed by atoms with Gasteiger partial charge in [-0.1, -0.05) is 32.3 Å². The van der Waals surface area contributed by atoms with Crippen LogP contribution in [0.5, 0.6) is 5.75 Å². The van der Waals surface area contributed by atoms with Gasteiger partial charge in [0.05, 0.1) is 5.56 Å². The normalized spacial score (nSPS) is 19.9. The molecule has 6 nitrogen and oxygen atoms in total. The summed E-state index contributed by atoms with van der Waals surface area (Å²) in [5, 5.41) is 11.7. The number of benzene rings is 1. The number of rotatable bonds is 7. The molecule has 1 fully saturated rings. The topological polar surface area (TPSA) is 75.7 Å². The summed E-state index contributed by atoms with van der Waals surface area (Å²) in [7, 11) is 0. The van der Waals surface area contributed by atoms with Gasteiger partial charge in [-0.3, -0.25) is 9.69 Å². The molecule has 1 N–H and O–H groups in total. The Bertz CT molecular complexity index is 1320. The highest BCUT2D eigenvalue weighted by Gasteiger charge is 2.35. The Morgan fingerprint density at radius 3 is 2.71 bits per heavy atom. The molecule has 1 saturated heterocycles. The molecule has 2 aliphatic heterocycles. The van der Waals surface area contributed by atoms with Gasteiger partial charge in [-0.15, -0.1) is 0 Å². The van der Waals surface area contributed by atoms with Crippen molar-refractivity contribution in [3.05, 3.63) is 73.5 Å². The van der Waals surface area contributed by atoms with Gasteiger partial charge in [0.1, 0.15) is 11.3 Å². The lowest BCUT2D eigenvalue weighted by molar-refractivity contribution is 0.113. The van der Waals surface area contributed by atoms with Gasteiger partial charge >= 0.3 is 5.63 Å². The van der Waals surface area contributed by atoms with Gasteiger partial charge in [0.15, 0.2) is 0 Å². The lowest BCUT2D eigenvalue weighted by Gasteiger charge is -2.42. The molecule has 34 heavy (non-hydrogen) atoms. The molecule has 5 rings (SSSR count). The maximum Gasteiger partial charge on any atom is 0.339 e. The van der Waals surface area contributed by atoms with Crippen LogP contribution in [0.4, 0.5) is 0 Å². The monoisotopic (exact) mass is 462 g/mol. The van der Waals surface area contributed by atoms with E-state index in [9.17, 15) is 14.7 Å². The summed E-state index contributed by atoms with van der Waals surface area (Å²) in [6, 6.07) is 9.15. The number of unbranched alkanes of at least 4 members (excludes halogenated alkanes) is 3. The van der Waals surface area contributed by atoms with E-state index in [4.69, 9.17) is 4.42 Å². The van der Waals surface area contributed by atoms with Gasteiger partial charge in [-0.05, 0) is 55.9 Å². The van der Waals surface area contributed by atoms with Crippen molar-refractivity contribution in [3.8, 4) is 5.75 Å². The highest BCUT2D eigenvalue weighted by molar-refractivity contribution is 5.85. The van der Waals surface area contributed by atoms with Crippen molar-refractivity contribution in [2.75, 3.05) is 13.1 Å². The fourth-order valence-corrected chi connectivity index (χ4v) is 6.02. The number of piperidine rings is 1. The number of aromatic nitrogens is 1. The number of fused-ring (bicyclic) bond motifs is 5. The number of aryl methyl sites for hydroxylation is 1. The Labute approximate surface area is 199 Å². The van der Waals surface area contributed by atoms with Gasteiger partial charge in [-0.25, -0.2) is 4.79 Å². The van der Waals surface area contributed by atoms with E-state index in [1.165, 1.54) is 6.42 Å². The third kappa shape index (κ3) is 4.20. The lowest BCUT2D eigenvalue weighted by Crippen LogP contribution is -2.46. The second-order valence-corrected chi connectivity index (χ2v) is 10.1. The number of phenols is 1. The van der Waals surface area contributed by atoms with E-state index in [0.717, 1.165) is 73.9 Å². The maximum atomic E-state index is 12.9. The van der Waals surface area contributed by atoms with Gasteiger partial charge in [-0.2, -0.15) is 0 Å². The second kappa shape index (κ2) is 9.41. The van der Waals surface area contributed by atoms with Crippen LogP contribution >= 0.6 is 0 Å². The molecule has 0 aliphatic carbocycles. The van der Waals surface area contributed by atoms with Crippen molar-refractivity contribution in [1.29, 1.82) is 0 Å². The molecule has 0 saturated carbocycles. The third-order valence-electron chi connectivity index (χ3n) is 7.75. The first-order valence-electron chi connectivity index (χ1n) is 12.7. The van der Waals surface area contributed by atoms with Crippen LogP contribution in [-0.4, -0.2) is 27.7 Å². The van der Waals surface area contributed by atoms with Crippen LogP contribution < -0.4 is 11.2 Å². The molecule has 3 aromatic rings. The van der Waals surface area contributed by atoms with E-state index in [2.05, 4.69) is 17.9 Å². The molecular formula is C28H34N2O4. The van der Waals surface area contributed by atoms with Crippen LogP contribution in [0.1, 0.15) is 67.3 Å². The lowest BCUT2D eigenvalue weighted by atomic mass is 9.83. The Hall–Kier alpha value is -2.86. The zero-order chi connectivity index (χ0) is 23.8. The highest BCUT2D eigenvalue weighted by atomic mass is 16.4. The molecule has 2 unspecified atom stereocenters.